The predicted molar refractivity (Wildman–Crippen MR) is 101 cm³/mol. The van der Waals surface area contributed by atoms with Gasteiger partial charge >= 0.3 is 0 Å². The Bertz CT molecular complexity index is 895. The van der Waals surface area contributed by atoms with Gasteiger partial charge in [-0.1, -0.05) is 29.8 Å². The molecule has 0 saturated carbocycles. The Labute approximate surface area is 153 Å². The molecule has 0 spiro atoms. The van der Waals surface area contributed by atoms with Gasteiger partial charge in [0, 0.05) is 23.7 Å². The fourth-order valence-electron chi connectivity index (χ4n) is 2.27. The van der Waals surface area contributed by atoms with Gasteiger partial charge in [-0.15, -0.1) is 0 Å². The quantitative estimate of drug-likeness (QED) is 0.804. The van der Waals surface area contributed by atoms with Crippen LogP contribution < -0.4 is 10.0 Å². The van der Waals surface area contributed by atoms with Crippen molar-refractivity contribution in [3.8, 4) is 0 Å². The Morgan fingerprint density at radius 1 is 1.04 bits per heavy atom. The van der Waals surface area contributed by atoms with E-state index in [2.05, 4.69) is 10.0 Å². The van der Waals surface area contributed by atoms with E-state index in [4.69, 9.17) is 11.6 Å². The van der Waals surface area contributed by atoms with Crippen molar-refractivity contribution in [3.63, 3.8) is 0 Å². The number of hydrogen-bond donors (Lipinski definition) is 2. The molecular weight excluding hydrogens is 360 g/mol. The second kappa shape index (κ2) is 7.99. The summed E-state index contributed by atoms with van der Waals surface area (Å²) in [6.45, 7) is 5.46. The first kappa shape index (κ1) is 19.4. The van der Waals surface area contributed by atoms with Crippen LogP contribution in [0.2, 0.25) is 5.02 Å². The minimum atomic E-state index is -3.65. The van der Waals surface area contributed by atoms with E-state index in [0.717, 1.165) is 11.1 Å². The first-order valence-corrected chi connectivity index (χ1v) is 9.68. The molecule has 0 aliphatic rings. The van der Waals surface area contributed by atoms with Crippen molar-refractivity contribution in [2.24, 2.45) is 0 Å². The summed E-state index contributed by atoms with van der Waals surface area (Å²) in [6.07, 6.45) is 0.0234. The molecule has 0 unspecified atom stereocenters. The van der Waals surface area contributed by atoms with E-state index < -0.39 is 10.0 Å². The summed E-state index contributed by atoms with van der Waals surface area (Å²) in [4.78, 5) is 12.2. The average molecular weight is 381 g/mol. The second-order valence-corrected chi connectivity index (χ2v) is 8.07. The van der Waals surface area contributed by atoms with Crippen LogP contribution in [-0.4, -0.2) is 20.9 Å². The number of carbonyl (C=O) groups excluding carboxylic acids is 1. The minimum absolute atomic E-state index is 0.0150. The van der Waals surface area contributed by atoms with Crippen molar-refractivity contribution < 1.29 is 13.2 Å². The highest BCUT2D eigenvalue weighted by Crippen LogP contribution is 2.20. The number of amides is 1. The van der Waals surface area contributed by atoms with Crippen molar-refractivity contribution in [1.82, 2.24) is 4.72 Å². The van der Waals surface area contributed by atoms with E-state index in [1.165, 1.54) is 0 Å². The number of sulfonamides is 1. The molecule has 2 N–H and O–H groups in total. The first-order valence-electron chi connectivity index (χ1n) is 7.82. The summed E-state index contributed by atoms with van der Waals surface area (Å²) in [5.74, 6) is -0.288. The summed E-state index contributed by atoms with van der Waals surface area (Å²) in [5.41, 5.74) is 3.02. The van der Waals surface area contributed by atoms with Gasteiger partial charge in [0.1, 0.15) is 0 Å². The molecule has 25 heavy (non-hydrogen) atoms. The van der Waals surface area contributed by atoms with E-state index in [9.17, 15) is 13.2 Å². The predicted octanol–water partition coefficient (Wildman–Crippen LogP) is 3.57. The van der Waals surface area contributed by atoms with E-state index >= 15 is 0 Å². The molecule has 7 heteroatoms. The number of nitrogens with one attached hydrogen (secondary N) is 2. The van der Waals surface area contributed by atoms with Crippen molar-refractivity contribution in [2.75, 3.05) is 11.9 Å². The van der Waals surface area contributed by atoms with Crippen LogP contribution in [-0.2, 0) is 14.8 Å². The van der Waals surface area contributed by atoms with Crippen molar-refractivity contribution in [3.05, 3.63) is 58.1 Å². The first-order chi connectivity index (χ1) is 11.7. The van der Waals surface area contributed by atoms with Crippen LogP contribution in [0.15, 0.2) is 41.3 Å². The molecule has 2 rings (SSSR count). The monoisotopic (exact) mass is 380 g/mol. The molecule has 0 radical (unpaired) electrons. The number of carbonyl (C=O) groups is 1. The highest BCUT2D eigenvalue weighted by molar-refractivity contribution is 7.89. The van der Waals surface area contributed by atoms with Crippen molar-refractivity contribution in [2.45, 2.75) is 32.1 Å². The lowest BCUT2D eigenvalue weighted by Gasteiger charge is -2.10. The number of halogens is 1. The summed E-state index contributed by atoms with van der Waals surface area (Å²) < 4.78 is 27.2. The molecule has 0 saturated heterocycles. The zero-order valence-electron chi connectivity index (χ0n) is 14.4. The maximum atomic E-state index is 12.4. The highest BCUT2D eigenvalue weighted by Gasteiger charge is 2.17. The maximum Gasteiger partial charge on any atom is 0.240 e. The molecule has 0 atom stereocenters. The number of benzene rings is 2. The molecule has 134 valence electrons. The fourth-order valence-corrected chi connectivity index (χ4v) is 3.81. The number of hydrogen-bond acceptors (Lipinski definition) is 3. The van der Waals surface area contributed by atoms with Gasteiger partial charge in [-0.3, -0.25) is 4.79 Å². The molecule has 1 amide bonds. The summed E-state index contributed by atoms with van der Waals surface area (Å²) in [5, 5.41) is 3.26. The average Bonchev–Trinajstić information content (AvgIpc) is 2.53. The summed E-state index contributed by atoms with van der Waals surface area (Å²) in [7, 11) is -3.65. The third kappa shape index (κ3) is 5.29. The Morgan fingerprint density at radius 2 is 1.72 bits per heavy atom. The molecule has 5 nitrogen and oxygen atoms in total. The summed E-state index contributed by atoms with van der Waals surface area (Å²) >= 11 is 6.01. The molecular formula is C18H21ClN2O3S. The van der Waals surface area contributed by atoms with E-state index in [1.54, 1.807) is 37.3 Å². The third-order valence-corrected chi connectivity index (χ3v) is 5.74. The van der Waals surface area contributed by atoms with Gasteiger partial charge in [0.25, 0.3) is 0 Å². The highest BCUT2D eigenvalue weighted by atomic mass is 35.5. The zero-order valence-corrected chi connectivity index (χ0v) is 16.0. The van der Waals surface area contributed by atoms with E-state index in [1.807, 2.05) is 19.9 Å². The van der Waals surface area contributed by atoms with Gasteiger partial charge in [-0.25, -0.2) is 13.1 Å². The van der Waals surface area contributed by atoms with Crippen LogP contribution >= 0.6 is 11.6 Å². The van der Waals surface area contributed by atoms with Crippen LogP contribution in [0.25, 0.3) is 0 Å². The van der Waals surface area contributed by atoms with Crippen LogP contribution in [0.3, 0.4) is 0 Å². The normalized spacial score (nSPS) is 11.4. The van der Waals surface area contributed by atoms with Crippen molar-refractivity contribution >= 4 is 33.2 Å². The van der Waals surface area contributed by atoms with Crippen LogP contribution in [0.5, 0.6) is 0 Å². The Balaban J connectivity index is 1.94. The number of rotatable bonds is 6. The third-order valence-electron chi connectivity index (χ3n) is 3.73. The number of aryl methyl sites for hydroxylation is 3. The maximum absolute atomic E-state index is 12.4. The molecule has 2 aromatic rings. The molecule has 0 fully saturated rings. The zero-order chi connectivity index (χ0) is 18.6. The lowest BCUT2D eigenvalue weighted by Crippen LogP contribution is -2.28. The second-order valence-electron chi connectivity index (χ2n) is 5.93. The standard InChI is InChI=1S/C18H21ClN2O3S/c1-12-4-5-14(3)17(10-12)25(23,24)20-9-8-18(22)21-15-7-6-13(2)16(19)11-15/h4-7,10-11,20H,8-9H2,1-3H3,(H,21,22). The smallest absolute Gasteiger partial charge is 0.240 e. The van der Waals surface area contributed by atoms with Crippen LogP contribution in [0.4, 0.5) is 5.69 Å². The molecule has 0 heterocycles. The Kier molecular flexibility index (Phi) is 6.21. The topological polar surface area (TPSA) is 75.3 Å². The molecule has 0 aromatic heterocycles. The Morgan fingerprint density at radius 3 is 2.40 bits per heavy atom. The number of anilines is 1. The van der Waals surface area contributed by atoms with E-state index in [0.29, 0.717) is 16.3 Å². The molecule has 0 aliphatic heterocycles. The van der Waals surface area contributed by atoms with Gasteiger partial charge in [0.15, 0.2) is 0 Å². The van der Waals surface area contributed by atoms with E-state index in [-0.39, 0.29) is 23.8 Å². The molecule has 2 aromatic carbocycles. The lowest BCUT2D eigenvalue weighted by atomic mass is 10.2. The van der Waals surface area contributed by atoms with Gasteiger partial charge in [0.05, 0.1) is 4.90 Å². The van der Waals surface area contributed by atoms with Gasteiger partial charge < -0.3 is 5.32 Å². The lowest BCUT2D eigenvalue weighted by molar-refractivity contribution is -0.116. The van der Waals surface area contributed by atoms with Gasteiger partial charge in [-0.05, 0) is 55.7 Å². The SMILES string of the molecule is Cc1ccc(C)c(S(=O)(=O)NCCC(=O)Nc2ccc(C)c(Cl)c2)c1. The Hall–Kier alpha value is -1.89. The molecule has 0 bridgehead atoms. The van der Waals surface area contributed by atoms with Gasteiger partial charge in [0.2, 0.25) is 15.9 Å². The largest absolute Gasteiger partial charge is 0.326 e. The summed E-state index contributed by atoms with van der Waals surface area (Å²) in [6, 6.07) is 10.5. The molecule has 0 aliphatic carbocycles. The van der Waals surface area contributed by atoms with Crippen LogP contribution in [0, 0.1) is 20.8 Å². The minimum Gasteiger partial charge on any atom is -0.326 e. The van der Waals surface area contributed by atoms with Crippen molar-refractivity contribution in [1.29, 1.82) is 0 Å². The van der Waals surface area contributed by atoms with Crippen LogP contribution in [0.1, 0.15) is 23.1 Å². The fraction of sp³-hybridized carbons (Fsp3) is 0.278. The van der Waals surface area contributed by atoms with Gasteiger partial charge in [-0.2, -0.15) is 0 Å².